The second-order valence-electron chi connectivity index (χ2n) is 12.1. The minimum absolute atomic E-state index is 0.0530. The van der Waals surface area contributed by atoms with Crippen LogP contribution in [0.4, 0.5) is 4.39 Å². The third-order valence-corrected chi connectivity index (χ3v) is 9.31. The predicted octanol–water partition coefficient (Wildman–Crippen LogP) is 8.58. The minimum Gasteiger partial charge on any atom is -0.393 e. The summed E-state index contributed by atoms with van der Waals surface area (Å²) >= 11 is 0. The molecule has 39 heavy (non-hydrogen) atoms. The molecule has 4 heteroatoms. The smallest absolute Gasteiger partial charge is 0.178 e. The molecule has 208 valence electrons. The quantitative estimate of drug-likeness (QED) is 0.335. The van der Waals surface area contributed by atoms with Crippen molar-refractivity contribution in [2.45, 2.75) is 96.1 Å². The van der Waals surface area contributed by atoms with Crippen molar-refractivity contribution in [2.75, 3.05) is 0 Å². The monoisotopic (exact) mass is 529 g/mol. The molecule has 0 bridgehead atoms. The molecule has 0 amide bonds. The van der Waals surface area contributed by atoms with Gasteiger partial charge in [-0.3, -0.25) is 4.79 Å². The van der Waals surface area contributed by atoms with Gasteiger partial charge in [-0.1, -0.05) is 87.1 Å². The number of benzene rings is 2. The summed E-state index contributed by atoms with van der Waals surface area (Å²) in [4.78, 5) is 15.6. The Balaban J connectivity index is 1.14. The Labute approximate surface area is 233 Å². The van der Waals surface area contributed by atoms with Crippen LogP contribution in [0.5, 0.6) is 0 Å². The highest BCUT2D eigenvalue weighted by Crippen LogP contribution is 2.37. The average Bonchev–Trinajstić information content (AvgIpc) is 3.24. The van der Waals surface area contributed by atoms with Crippen LogP contribution >= 0.6 is 0 Å². The minimum atomic E-state index is -0.235. The second kappa shape index (κ2) is 13.6. The maximum atomic E-state index is 13.5. The maximum absolute atomic E-state index is 13.5. The summed E-state index contributed by atoms with van der Waals surface area (Å²) in [5, 5.41) is 9.79. The molecule has 5 rings (SSSR count). The van der Waals surface area contributed by atoms with Crippen molar-refractivity contribution < 1.29 is 14.3 Å². The number of hydrogen-bond acceptors (Lipinski definition) is 3. The molecule has 0 aromatic heterocycles. The van der Waals surface area contributed by atoms with Gasteiger partial charge in [0.2, 0.25) is 0 Å². The van der Waals surface area contributed by atoms with Gasteiger partial charge in [0.1, 0.15) is 5.82 Å². The number of rotatable bonds is 10. The predicted molar refractivity (Wildman–Crippen MR) is 156 cm³/mol. The van der Waals surface area contributed by atoms with E-state index in [0.29, 0.717) is 18.9 Å². The van der Waals surface area contributed by atoms with E-state index in [4.69, 9.17) is 0 Å². The van der Waals surface area contributed by atoms with E-state index < -0.39 is 0 Å². The number of carbonyl (C=O) groups is 1. The number of nitrogens with zero attached hydrogens (tertiary/aromatic N) is 1. The molecule has 3 aliphatic rings. The molecular formula is C35H44FNO2. The van der Waals surface area contributed by atoms with E-state index >= 15 is 0 Å². The van der Waals surface area contributed by atoms with E-state index in [1.54, 1.807) is 0 Å². The van der Waals surface area contributed by atoms with Gasteiger partial charge in [0, 0.05) is 19.2 Å². The Morgan fingerprint density at radius 3 is 2.28 bits per heavy atom. The molecule has 2 fully saturated rings. The maximum Gasteiger partial charge on any atom is 0.178 e. The number of aliphatic hydroxyl groups is 1. The van der Waals surface area contributed by atoms with Gasteiger partial charge in [-0.15, -0.1) is 0 Å². The summed E-state index contributed by atoms with van der Waals surface area (Å²) in [5.74, 6) is 2.25. The van der Waals surface area contributed by atoms with Crippen molar-refractivity contribution in [2.24, 2.45) is 17.8 Å². The molecule has 2 saturated carbocycles. The van der Waals surface area contributed by atoms with Crippen LogP contribution < -0.4 is 0 Å². The summed E-state index contributed by atoms with van der Waals surface area (Å²) in [6, 6.07) is 14.9. The number of carbonyl (C=O) groups excluding carboxylic acids is 1. The van der Waals surface area contributed by atoms with Crippen LogP contribution in [0.15, 0.2) is 72.6 Å². The Kier molecular flexibility index (Phi) is 9.68. The van der Waals surface area contributed by atoms with Crippen molar-refractivity contribution in [3.05, 3.63) is 84.0 Å². The lowest BCUT2D eigenvalue weighted by atomic mass is 9.77. The fourth-order valence-corrected chi connectivity index (χ4v) is 6.93. The number of halogens is 1. The van der Waals surface area contributed by atoms with Crippen molar-refractivity contribution in [1.29, 1.82) is 0 Å². The van der Waals surface area contributed by atoms with Crippen LogP contribution in [0.25, 0.3) is 11.1 Å². The molecule has 2 aromatic carbocycles. The highest BCUT2D eigenvalue weighted by atomic mass is 19.1. The van der Waals surface area contributed by atoms with Crippen LogP contribution in [0.3, 0.4) is 0 Å². The van der Waals surface area contributed by atoms with Crippen molar-refractivity contribution in [1.82, 2.24) is 4.90 Å². The van der Waals surface area contributed by atoms with Crippen molar-refractivity contribution in [3.63, 3.8) is 0 Å². The topological polar surface area (TPSA) is 40.5 Å². The lowest BCUT2D eigenvalue weighted by Crippen LogP contribution is -2.23. The first-order chi connectivity index (χ1) is 19.0. The average molecular weight is 530 g/mol. The molecular weight excluding hydrogens is 485 g/mol. The molecule has 2 atom stereocenters. The van der Waals surface area contributed by atoms with E-state index in [1.165, 1.54) is 57.1 Å². The highest BCUT2D eigenvalue weighted by molar-refractivity contribution is 5.95. The van der Waals surface area contributed by atoms with Crippen LogP contribution in [0.2, 0.25) is 0 Å². The highest BCUT2D eigenvalue weighted by Gasteiger charge is 2.27. The second-order valence-corrected chi connectivity index (χ2v) is 12.1. The molecule has 2 unspecified atom stereocenters. The first kappa shape index (κ1) is 27.8. The number of Topliss-reactive ketones (excluding diaryl/α,β-unsaturated/α-hetero) is 1. The fraction of sp³-hybridized carbons (Fsp3) is 0.514. The molecule has 2 aromatic rings. The number of allylic oxidation sites excluding steroid dienone is 3. The zero-order chi connectivity index (χ0) is 27.0. The lowest BCUT2D eigenvalue weighted by molar-refractivity contribution is -0.117. The number of hydrogen-bond donors (Lipinski definition) is 1. The van der Waals surface area contributed by atoms with Gasteiger partial charge in [0.05, 0.1) is 11.8 Å². The van der Waals surface area contributed by atoms with Gasteiger partial charge < -0.3 is 10.0 Å². The standard InChI is InChI=1S/C35H44FNO2/c36-31-19-17-29(18-20-31)33-7-4-3-6-30(33)25-37-23-5-1-2-8-34(37)35(39)22-16-27-11-9-26(10-12-27)13-14-28-15-21-32(38)24-28/h3-8,17-20,23,26-28,32,38H,1-2,9-16,21-22,24-25H2. The van der Waals surface area contributed by atoms with Gasteiger partial charge in [0.25, 0.3) is 0 Å². The van der Waals surface area contributed by atoms with Gasteiger partial charge in [-0.2, -0.15) is 0 Å². The molecule has 1 aliphatic heterocycles. The molecule has 0 saturated heterocycles. The van der Waals surface area contributed by atoms with E-state index in [-0.39, 0.29) is 17.7 Å². The van der Waals surface area contributed by atoms with E-state index in [1.807, 2.05) is 24.3 Å². The summed E-state index contributed by atoms with van der Waals surface area (Å²) in [7, 11) is 0. The number of aliphatic hydroxyl groups excluding tert-OH is 1. The van der Waals surface area contributed by atoms with Crippen LogP contribution in [0, 0.1) is 23.6 Å². The fourth-order valence-electron chi connectivity index (χ4n) is 6.93. The zero-order valence-electron chi connectivity index (χ0n) is 23.2. The van der Waals surface area contributed by atoms with Crippen molar-refractivity contribution in [3.8, 4) is 11.1 Å². The Hall–Kier alpha value is -2.72. The Morgan fingerprint density at radius 2 is 1.54 bits per heavy atom. The summed E-state index contributed by atoms with van der Waals surface area (Å²) in [6.07, 6.45) is 20.6. The van der Waals surface area contributed by atoms with Gasteiger partial charge >= 0.3 is 0 Å². The summed E-state index contributed by atoms with van der Waals surface area (Å²) in [5.41, 5.74) is 4.01. The van der Waals surface area contributed by atoms with Gasteiger partial charge in [-0.05, 0) is 85.1 Å². The van der Waals surface area contributed by atoms with Gasteiger partial charge in [0.15, 0.2) is 5.78 Å². The van der Waals surface area contributed by atoms with Crippen LogP contribution in [-0.4, -0.2) is 21.9 Å². The van der Waals surface area contributed by atoms with Crippen LogP contribution in [-0.2, 0) is 11.3 Å². The summed E-state index contributed by atoms with van der Waals surface area (Å²) < 4.78 is 13.5. The van der Waals surface area contributed by atoms with E-state index in [0.717, 1.165) is 66.3 Å². The van der Waals surface area contributed by atoms with Crippen LogP contribution in [0.1, 0.15) is 89.0 Å². The normalized spacial score (nSPS) is 25.4. The van der Waals surface area contributed by atoms with E-state index in [2.05, 4.69) is 35.4 Å². The van der Waals surface area contributed by atoms with E-state index in [9.17, 15) is 14.3 Å². The summed E-state index contributed by atoms with van der Waals surface area (Å²) in [6.45, 7) is 0.616. The largest absolute Gasteiger partial charge is 0.393 e. The molecule has 3 nitrogen and oxygen atoms in total. The first-order valence-corrected chi connectivity index (χ1v) is 15.2. The molecule has 0 radical (unpaired) electrons. The number of ketones is 1. The Morgan fingerprint density at radius 1 is 0.846 bits per heavy atom. The molecule has 1 heterocycles. The zero-order valence-corrected chi connectivity index (χ0v) is 23.2. The van der Waals surface area contributed by atoms with Crippen molar-refractivity contribution >= 4 is 5.78 Å². The van der Waals surface area contributed by atoms with Gasteiger partial charge in [-0.25, -0.2) is 4.39 Å². The Bertz CT molecular complexity index is 1150. The molecule has 1 N–H and O–H groups in total. The SMILES string of the molecule is O=C(CCC1CCC(CCC2CCC(O)C2)CC1)C1=CCCC=CN1Cc1ccccc1-c1ccc(F)cc1. The molecule has 0 spiro atoms. The molecule has 2 aliphatic carbocycles. The lowest BCUT2D eigenvalue weighted by Gasteiger charge is -2.29. The third-order valence-electron chi connectivity index (χ3n) is 9.31. The third kappa shape index (κ3) is 7.69. The first-order valence-electron chi connectivity index (χ1n) is 15.2.